The number of aryl methyl sites for hydroxylation is 2. The molecule has 3 heteroatoms. The van der Waals surface area contributed by atoms with Crippen molar-refractivity contribution in [2.75, 3.05) is 5.73 Å². The van der Waals surface area contributed by atoms with Crippen molar-refractivity contribution < 1.29 is 0 Å². The molecule has 2 N–H and O–H groups in total. The average Bonchev–Trinajstić information content (AvgIpc) is 2.48. The van der Waals surface area contributed by atoms with Crippen molar-refractivity contribution in [3.63, 3.8) is 0 Å². The summed E-state index contributed by atoms with van der Waals surface area (Å²) >= 11 is 11.6. The highest BCUT2D eigenvalue weighted by Crippen LogP contribution is 2.20. The molecule has 0 atom stereocenters. The highest BCUT2D eigenvalue weighted by Gasteiger charge is 1.98. The molecule has 21 heavy (non-hydrogen) atoms. The minimum atomic E-state index is 0.634. The number of para-hydroxylation sites is 1. The molecule has 2 aromatic rings. The fourth-order valence-electron chi connectivity index (χ4n) is 1.76. The Morgan fingerprint density at radius 2 is 1.33 bits per heavy atom. The summed E-state index contributed by atoms with van der Waals surface area (Å²) in [6.45, 7) is 10.1. The lowest BCUT2D eigenvalue weighted by atomic mass is 10.1. The number of halogens is 2. The van der Waals surface area contributed by atoms with E-state index < -0.39 is 0 Å². The Morgan fingerprint density at radius 1 is 0.857 bits per heavy atom. The summed E-state index contributed by atoms with van der Waals surface area (Å²) in [5.74, 6) is 0. The van der Waals surface area contributed by atoms with Gasteiger partial charge in [-0.1, -0.05) is 68.2 Å². The molecule has 0 saturated heterocycles. The van der Waals surface area contributed by atoms with E-state index in [2.05, 4.69) is 19.9 Å². The Labute approximate surface area is 139 Å². The molecule has 0 radical (unpaired) electrons. The number of rotatable bonds is 1. The fourth-order valence-corrected chi connectivity index (χ4v) is 2.34. The molecule has 0 bridgehead atoms. The van der Waals surface area contributed by atoms with E-state index in [0.29, 0.717) is 10.7 Å². The second-order valence-electron chi connectivity index (χ2n) is 4.36. The van der Waals surface area contributed by atoms with E-state index >= 15 is 0 Å². The molecule has 0 aliphatic rings. The molecule has 2 aromatic carbocycles. The summed E-state index contributed by atoms with van der Waals surface area (Å²) in [7, 11) is 0. The van der Waals surface area contributed by atoms with E-state index in [-0.39, 0.29) is 0 Å². The van der Waals surface area contributed by atoms with E-state index in [4.69, 9.17) is 28.9 Å². The summed E-state index contributed by atoms with van der Waals surface area (Å²) < 4.78 is 0. The molecule has 0 fully saturated rings. The largest absolute Gasteiger partial charge is 0.397 e. The van der Waals surface area contributed by atoms with Gasteiger partial charge in [-0.2, -0.15) is 0 Å². The van der Waals surface area contributed by atoms with Gasteiger partial charge in [0.25, 0.3) is 0 Å². The van der Waals surface area contributed by atoms with Crippen molar-refractivity contribution in [1.82, 2.24) is 0 Å². The molecule has 0 aliphatic carbocycles. The van der Waals surface area contributed by atoms with Crippen LogP contribution in [0.25, 0.3) is 0 Å². The minimum absolute atomic E-state index is 0.634. The van der Waals surface area contributed by atoms with E-state index in [1.54, 1.807) is 6.07 Å². The van der Waals surface area contributed by atoms with Crippen LogP contribution in [0.2, 0.25) is 10.0 Å². The average molecular weight is 326 g/mol. The van der Waals surface area contributed by atoms with Gasteiger partial charge in [0, 0.05) is 5.02 Å². The summed E-state index contributed by atoms with van der Waals surface area (Å²) in [5, 5.41) is 1.53. The predicted octanol–water partition coefficient (Wildman–Crippen LogP) is 6.47. The maximum Gasteiger partial charge on any atom is 0.0638 e. The van der Waals surface area contributed by atoms with Gasteiger partial charge in [0.15, 0.2) is 0 Å². The van der Waals surface area contributed by atoms with Crippen molar-refractivity contribution >= 4 is 28.9 Å². The monoisotopic (exact) mass is 325 g/mol. The van der Waals surface area contributed by atoms with E-state index in [1.807, 2.05) is 45.0 Å². The van der Waals surface area contributed by atoms with Gasteiger partial charge in [0.1, 0.15) is 0 Å². The van der Waals surface area contributed by atoms with Crippen molar-refractivity contribution in [2.24, 2.45) is 0 Å². The number of benzene rings is 2. The first-order chi connectivity index (χ1) is 9.97. The highest BCUT2D eigenvalue weighted by atomic mass is 35.5. The smallest absolute Gasteiger partial charge is 0.0638 e. The molecule has 0 unspecified atom stereocenters. The summed E-state index contributed by atoms with van der Waals surface area (Å²) in [5.41, 5.74) is 9.81. The van der Waals surface area contributed by atoms with Gasteiger partial charge in [0.05, 0.1) is 10.7 Å². The zero-order chi connectivity index (χ0) is 16.4. The van der Waals surface area contributed by atoms with Crippen LogP contribution in [0.4, 0.5) is 5.69 Å². The van der Waals surface area contributed by atoms with Crippen molar-refractivity contribution in [1.29, 1.82) is 0 Å². The lowest BCUT2D eigenvalue weighted by molar-refractivity contribution is 1.11. The van der Waals surface area contributed by atoms with Gasteiger partial charge in [-0.15, -0.1) is 0 Å². The number of anilines is 1. The standard InChI is InChI=1S/C9H11Cl.C7H8ClN.C2H6/c1-3-8-7(2)5-4-6-9(8)10;1-5-3-2-4-6(8)7(5)9;1-2/h4-6H,3H2,1-2H3;2-4H,9H2,1H3;1-2H3. The SMILES string of the molecule is CC.CCc1c(C)cccc1Cl.Cc1cccc(Cl)c1N. The normalized spacial score (nSPS) is 9.10. The molecule has 2 rings (SSSR count). The van der Waals surface area contributed by atoms with Gasteiger partial charge in [-0.25, -0.2) is 0 Å². The first-order valence-electron chi connectivity index (χ1n) is 7.22. The van der Waals surface area contributed by atoms with Crippen LogP contribution in [0.5, 0.6) is 0 Å². The molecule has 0 amide bonds. The van der Waals surface area contributed by atoms with Crippen molar-refractivity contribution in [3.05, 3.63) is 63.1 Å². The van der Waals surface area contributed by atoms with Crippen molar-refractivity contribution in [2.45, 2.75) is 41.0 Å². The third-order valence-electron chi connectivity index (χ3n) is 2.98. The summed E-state index contributed by atoms with van der Waals surface area (Å²) in [6, 6.07) is 11.6. The Hall–Kier alpha value is -1.18. The minimum Gasteiger partial charge on any atom is -0.397 e. The summed E-state index contributed by atoms with van der Waals surface area (Å²) in [6.07, 6.45) is 1.02. The van der Waals surface area contributed by atoms with Gasteiger partial charge in [0.2, 0.25) is 0 Å². The topological polar surface area (TPSA) is 26.0 Å². The third kappa shape index (κ3) is 6.41. The molecular weight excluding hydrogens is 301 g/mol. The first-order valence-corrected chi connectivity index (χ1v) is 7.97. The molecular formula is C18H25Cl2N. The Bertz CT molecular complexity index is 510. The molecule has 0 aromatic heterocycles. The van der Waals surface area contributed by atoms with Crippen LogP contribution < -0.4 is 5.73 Å². The molecule has 1 nitrogen and oxygen atoms in total. The van der Waals surface area contributed by atoms with Crippen LogP contribution in [-0.4, -0.2) is 0 Å². The van der Waals surface area contributed by atoms with Crippen molar-refractivity contribution in [3.8, 4) is 0 Å². The lowest BCUT2D eigenvalue weighted by Crippen LogP contribution is -1.88. The second kappa shape index (κ2) is 10.5. The van der Waals surface area contributed by atoms with Crippen LogP contribution in [0.3, 0.4) is 0 Å². The lowest BCUT2D eigenvalue weighted by Gasteiger charge is -2.03. The van der Waals surface area contributed by atoms with Gasteiger partial charge in [-0.05, 0) is 49.1 Å². The first kappa shape index (κ1) is 19.8. The number of hydrogen-bond acceptors (Lipinski definition) is 1. The fraction of sp³-hybridized carbons (Fsp3) is 0.333. The Morgan fingerprint density at radius 3 is 1.67 bits per heavy atom. The Kier molecular flexibility index (Phi) is 9.94. The quantitative estimate of drug-likeness (QED) is 0.597. The maximum absolute atomic E-state index is 5.93. The van der Waals surface area contributed by atoms with Gasteiger partial charge >= 0.3 is 0 Å². The van der Waals surface area contributed by atoms with Crippen LogP contribution in [0, 0.1) is 13.8 Å². The number of nitrogens with two attached hydrogens (primary N) is 1. The van der Waals surface area contributed by atoms with E-state index in [1.165, 1.54) is 11.1 Å². The van der Waals surface area contributed by atoms with Crippen LogP contribution >= 0.6 is 23.2 Å². The van der Waals surface area contributed by atoms with E-state index in [0.717, 1.165) is 17.0 Å². The third-order valence-corrected chi connectivity index (χ3v) is 3.66. The van der Waals surface area contributed by atoms with Crippen LogP contribution in [0.15, 0.2) is 36.4 Å². The second-order valence-corrected chi connectivity index (χ2v) is 5.17. The predicted molar refractivity (Wildman–Crippen MR) is 97.5 cm³/mol. The number of nitrogen functional groups attached to an aromatic ring is 1. The molecule has 0 spiro atoms. The van der Waals surface area contributed by atoms with Gasteiger partial charge in [-0.3, -0.25) is 0 Å². The number of hydrogen-bond donors (Lipinski definition) is 1. The zero-order valence-electron chi connectivity index (χ0n) is 13.5. The summed E-state index contributed by atoms with van der Waals surface area (Å²) in [4.78, 5) is 0. The van der Waals surface area contributed by atoms with Crippen LogP contribution in [0.1, 0.15) is 37.5 Å². The molecule has 0 saturated carbocycles. The molecule has 0 aliphatic heterocycles. The van der Waals surface area contributed by atoms with E-state index in [9.17, 15) is 0 Å². The zero-order valence-corrected chi connectivity index (χ0v) is 15.0. The van der Waals surface area contributed by atoms with Crippen LogP contribution in [-0.2, 0) is 6.42 Å². The molecule has 0 heterocycles. The van der Waals surface area contributed by atoms with Gasteiger partial charge < -0.3 is 5.73 Å². The maximum atomic E-state index is 5.93. The Balaban J connectivity index is 0.000000342. The molecule has 116 valence electrons. The highest BCUT2D eigenvalue weighted by molar-refractivity contribution is 6.33.